The van der Waals surface area contributed by atoms with Crippen molar-refractivity contribution in [2.45, 2.75) is 0 Å². The molecule has 1 heterocycles. The molecule has 0 bridgehead atoms. The van der Waals surface area contributed by atoms with Gasteiger partial charge < -0.3 is 9.47 Å². The second-order valence-electron chi connectivity index (χ2n) is 14.6. The van der Waals surface area contributed by atoms with Gasteiger partial charge in [-0.3, -0.25) is 0 Å². The first-order valence-electron chi connectivity index (χ1n) is 20.0. The predicted molar refractivity (Wildman–Crippen MR) is 250 cm³/mol. The fourth-order valence-corrected chi connectivity index (χ4v) is 13.6. The normalized spacial score (nSPS) is 15.6. The van der Waals surface area contributed by atoms with Crippen LogP contribution in [0.5, 0.6) is 11.5 Å². The molecule has 1 aliphatic rings. The van der Waals surface area contributed by atoms with Gasteiger partial charge in [0.25, 0.3) is 0 Å². The zero-order chi connectivity index (χ0) is 38.7. The highest BCUT2D eigenvalue weighted by Crippen LogP contribution is 2.53. The average molecular weight is 785 g/mol. The highest BCUT2D eigenvalue weighted by Gasteiger charge is 2.28. The van der Waals surface area contributed by atoms with Crippen LogP contribution in [0.4, 0.5) is 0 Å². The van der Waals surface area contributed by atoms with Crippen LogP contribution in [0.25, 0.3) is 54.9 Å². The standard InChI is InChI=1S/C54H42O2P2/c1-5-19-39(20-6-1)47-37-41-23-13-15-29-45(41)51-52-46-30-16-14-24-42(46)38-48(40-21-7-2-8-22-40)54(52)56-34-36-58(44-27-11-4-12-28-44)50-32-18-17-31-49(50)57(35-33-55-53(47)51)43-25-9-3-10-26-43/h1-32,37-38H,33-36H2. The molecule has 0 aliphatic carbocycles. The minimum absolute atomic E-state index is 0.551. The van der Waals surface area contributed by atoms with Gasteiger partial charge in [-0.2, -0.15) is 0 Å². The lowest BCUT2D eigenvalue weighted by atomic mass is 9.86. The summed E-state index contributed by atoms with van der Waals surface area (Å²) in [6, 6.07) is 75.1. The molecular weight excluding hydrogens is 743 g/mol. The molecule has 0 amide bonds. The molecule has 0 saturated heterocycles. The number of benzene rings is 9. The molecule has 280 valence electrons. The molecule has 4 heteroatoms. The molecule has 9 aromatic rings. The van der Waals surface area contributed by atoms with E-state index in [9.17, 15) is 0 Å². The lowest BCUT2D eigenvalue weighted by Crippen LogP contribution is -2.31. The number of hydrogen-bond acceptors (Lipinski definition) is 2. The van der Waals surface area contributed by atoms with Gasteiger partial charge in [0.2, 0.25) is 0 Å². The van der Waals surface area contributed by atoms with E-state index in [-0.39, 0.29) is 0 Å². The fourth-order valence-electron chi connectivity index (χ4n) is 8.51. The Kier molecular flexibility index (Phi) is 10.3. The van der Waals surface area contributed by atoms with Crippen molar-refractivity contribution in [3.05, 3.63) is 206 Å². The van der Waals surface area contributed by atoms with Gasteiger partial charge in [0.1, 0.15) is 11.5 Å². The van der Waals surface area contributed by atoms with E-state index >= 15 is 0 Å². The Hall–Kier alpha value is -6.04. The fraction of sp³-hybridized carbons (Fsp3) is 0.0741. The van der Waals surface area contributed by atoms with E-state index < -0.39 is 15.8 Å². The van der Waals surface area contributed by atoms with Crippen LogP contribution in [-0.2, 0) is 0 Å². The zero-order valence-electron chi connectivity index (χ0n) is 32.2. The van der Waals surface area contributed by atoms with Crippen LogP contribution in [0.3, 0.4) is 0 Å². The Morgan fingerprint density at radius 2 is 0.690 bits per heavy atom. The predicted octanol–water partition coefficient (Wildman–Crippen LogP) is 12.3. The number of hydrogen-bond donors (Lipinski definition) is 0. The van der Waals surface area contributed by atoms with Crippen molar-refractivity contribution in [3.63, 3.8) is 0 Å². The van der Waals surface area contributed by atoms with Gasteiger partial charge >= 0.3 is 0 Å². The summed E-state index contributed by atoms with van der Waals surface area (Å²) in [4.78, 5) is 0. The van der Waals surface area contributed by atoms with Gasteiger partial charge in [-0.1, -0.05) is 194 Å². The summed E-state index contributed by atoms with van der Waals surface area (Å²) in [5.41, 5.74) is 6.57. The minimum atomic E-state index is -0.762. The van der Waals surface area contributed by atoms with Gasteiger partial charge in [-0.05, 0) is 81.9 Å². The minimum Gasteiger partial charge on any atom is -0.492 e. The molecule has 58 heavy (non-hydrogen) atoms. The summed E-state index contributed by atoms with van der Waals surface area (Å²) in [6.45, 7) is 1.10. The molecule has 0 fully saturated rings. The maximum absolute atomic E-state index is 7.42. The van der Waals surface area contributed by atoms with Gasteiger partial charge in [-0.15, -0.1) is 0 Å². The summed E-state index contributed by atoms with van der Waals surface area (Å²) >= 11 is 0. The van der Waals surface area contributed by atoms with Crippen LogP contribution in [0.2, 0.25) is 0 Å². The van der Waals surface area contributed by atoms with Crippen molar-refractivity contribution in [1.82, 2.24) is 0 Å². The highest BCUT2D eigenvalue weighted by molar-refractivity contribution is 7.79. The summed E-state index contributed by atoms with van der Waals surface area (Å²) in [7, 11) is -1.52. The van der Waals surface area contributed by atoms with Crippen molar-refractivity contribution in [1.29, 1.82) is 0 Å². The third-order valence-corrected chi connectivity index (χ3v) is 16.4. The first kappa shape index (κ1) is 36.3. The second kappa shape index (κ2) is 16.4. The topological polar surface area (TPSA) is 18.5 Å². The number of fused-ring (bicyclic) bond motifs is 8. The van der Waals surface area contributed by atoms with Crippen molar-refractivity contribution in [2.75, 3.05) is 25.5 Å². The number of ether oxygens (including phenoxy) is 2. The highest BCUT2D eigenvalue weighted by atomic mass is 31.1. The first-order chi connectivity index (χ1) is 28.8. The second-order valence-corrected chi connectivity index (χ2v) is 19.2. The van der Waals surface area contributed by atoms with Crippen molar-refractivity contribution < 1.29 is 9.47 Å². The molecule has 9 aromatic carbocycles. The van der Waals surface area contributed by atoms with Crippen LogP contribution < -0.4 is 30.7 Å². The SMILES string of the molecule is c1ccc(-c2cc3ccccc3c3c2OCCP(c2ccccc2)c2ccccc2P(c2ccccc2)CCOc2c(-c4ccccc4)cc4ccccc4c2-3)cc1. The third-order valence-electron chi connectivity index (χ3n) is 11.1. The van der Waals surface area contributed by atoms with E-state index in [1.807, 2.05) is 0 Å². The maximum Gasteiger partial charge on any atom is 0.135 e. The molecule has 2 unspecified atom stereocenters. The lowest BCUT2D eigenvalue weighted by Gasteiger charge is -2.29. The van der Waals surface area contributed by atoms with Gasteiger partial charge in [0.05, 0.1) is 13.2 Å². The molecule has 1 aliphatic heterocycles. The summed E-state index contributed by atoms with van der Waals surface area (Å²) in [6.07, 6.45) is 1.76. The van der Waals surface area contributed by atoms with Crippen LogP contribution in [0, 0.1) is 0 Å². The van der Waals surface area contributed by atoms with Crippen molar-refractivity contribution in [3.8, 4) is 44.9 Å². The Morgan fingerprint density at radius 1 is 0.345 bits per heavy atom. The molecule has 2 nitrogen and oxygen atoms in total. The molecule has 0 saturated carbocycles. The van der Waals surface area contributed by atoms with Crippen molar-refractivity contribution >= 4 is 58.6 Å². The number of rotatable bonds is 4. The molecule has 0 aromatic heterocycles. The Morgan fingerprint density at radius 3 is 1.10 bits per heavy atom. The molecule has 0 radical (unpaired) electrons. The molecule has 0 N–H and O–H groups in total. The average Bonchev–Trinajstić information content (AvgIpc) is 3.30. The quantitative estimate of drug-likeness (QED) is 0.166. The Bertz CT molecular complexity index is 2650. The van der Waals surface area contributed by atoms with Crippen LogP contribution in [-0.4, -0.2) is 25.5 Å². The summed E-state index contributed by atoms with van der Waals surface area (Å²) in [5.74, 6) is 1.79. The van der Waals surface area contributed by atoms with Gasteiger partial charge in [-0.25, -0.2) is 0 Å². The largest absolute Gasteiger partial charge is 0.492 e. The molecule has 2 atom stereocenters. The van der Waals surface area contributed by atoms with E-state index in [4.69, 9.17) is 9.47 Å². The van der Waals surface area contributed by atoms with Gasteiger partial charge in [0.15, 0.2) is 0 Å². The third kappa shape index (κ3) is 6.98. The smallest absolute Gasteiger partial charge is 0.135 e. The molecule has 0 spiro atoms. The van der Waals surface area contributed by atoms with E-state index in [0.717, 1.165) is 78.7 Å². The van der Waals surface area contributed by atoms with Crippen LogP contribution >= 0.6 is 15.8 Å². The van der Waals surface area contributed by atoms with E-state index in [1.54, 1.807) is 0 Å². The van der Waals surface area contributed by atoms with Gasteiger partial charge in [0, 0.05) is 34.6 Å². The van der Waals surface area contributed by atoms with E-state index in [0.29, 0.717) is 13.2 Å². The monoisotopic (exact) mass is 784 g/mol. The maximum atomic E-state index is 7.42. The van der Waals surface area contributed by atoms with Crippen LogP contribution in [0.1, 0.15) is 0 Å². The van der Waals surface area contributed by atoms with E-state index in [2.05, 4.69) is 206 Å². The lowest BCUT2D eigenvalue weighted by molar-refractivity contribution is 0.341. The Balaban J connectivity index is 1.29. The van der Waals surface area contributed by atoms with E-state index in [1.165, 1.54) is 21.2 Å². The first-order valence-corrected chi connectivity index (χ1v) is 23.1. The van der Waals surface area contributed by atoms with Crippen molar-refractivity contribution in [2.24, 2.45) is 0 Å². The zero-order valence-corrected chi connectivity index (χ0v) is 34.0. The molecular formula is C54H42O2P2. The Labute approximate surface area is 343 Å². The summed E-state index contributed by atoms with van der Waals surface area (Å²) < 4.78 is 14.8. The summed E-state index contributed by atoms with van der Waals surface area (Å²) in [5, 5.41) is 10.2. The van der Waals surface area contributed by atoms with Crippen LogP contribution in [0.15, 0.2) is 206 Å². The molecule has 10 rings (SSSR count).